The Hall–Kier alpha value is -4.34. The number of carbonyl (C=O) groups excluding carboxylic acids is 2. The van der Waals surface area contributed by atoms with Crippen LogP contribution in [-0.4, -0.2) is 74.7 Å². The maximum Gasteiger partial charge on any atom is 0.407 e. The molecule has 0 spiro atoms. The second kappa shape index (κ2) is 22.4. The largest absolute Gasteiger partial charge is 0.497 e. The molecule has 4 aliphatic carbocycles. The monoisotopic (exact) mass is 945 g/mol. The Bertz CT molecular complexity index is 2130. The molecule has 9 nitrogen and oxygen atoms in total. The number of methoxy groups -OCH3 is 2. The zero-order valence-corrected chi connectivity index (χ0v) is 43.1. The van der Waals surface area contributed by atoms with E-state index in [2.05, 4.69) is 58.1 Å². The van der Waals surface area contributed by atoms with Crippen LogP contribution in [0.15, 0.2) is 90.5 Å². The Morgan fingerprint density at radius 2 is 1.46 bits per heavy atom. The highest BCUT2D eigenvalue weighted by Gasteiger charge is 2.59. The fourth-order valence-corrected chi connectivity index (χ4v) is 14.4. The number of amides is 2. The molecule has 2 N–H and O–H groups in total. The summed E-state index contributed by atoms with van der Waals surface area (Å²) in [5.41, 5.74) is 4.04. The summed E-state index contributed by atoms with van der Waals surface area (Å²) in [6.07, 6.45) is 18.0. The van der Waals surface area contributed by atoms with E-state index in [1.54, 1.807) is 24.7 Å². The van der Waals surface area contributed by atoms with Crippen molar-refractivity contribution in [1.82, 2.24) is 10.2 Å². The Labute approximate surface area is 414 Å². The predicted molar refractivity (Wildman–Crippen MR) is 274 cm³/mol. The van der Waals surface area contributed by atoms with E-state index in [1.807, 2.05) is 66.7 Å². The van der Waals surface area contributed by atoms with Crippen molar-refractivity contribution in [2.45, 2.75) is 149 Å². The smallest absolute Gasteiger partial charge is 0.407 e. The number of nitrogens with one attached hydrogen (secondary N) is 1. The average Bonchev–Trinajstić information content (AvgIpc) is 3.92. The first-order valence-corrected chi connectivity index (χ1v) is 26.9. The molecule has 9 heteroatoms. The van der Waals surface area contributed by atoms with E-state index in [0.29, 0.717) is 31.3 Å². The molecule has 3 aromatic carbocycles. The van der Waals surface area contributed by atoms with Gasteiger partial charge in [0.1, 0.15) is 23.2 Å². The topological polar surface area (TPSA) is 107 Å². The standard InChI is InChI=1S/C60H84N2O7/c1-41(2)15-14-16-42(3)52-30-31-53-51-29-24-47-37-50(32-34-58(47,4)54(51)33-35-59(52,53)5)69-57(65)61-36-13-9-12-19-56(64)62-38-43(55(63)39-62)40-68-60(44-17-10-8-11-18-44,45-20-25-48(66-6)26-21-45)46-22-27-49(67-7)28-23-46/h8,10-11,17-18,20-28,41-43,50-55,63H,9,12-16,19,29-40H2,1-7H3,(H,61,65). The van der Waals surface area contributed by atoms with Crippen molar-refractivity contribution >= 4 is 12.0 Å². The summed E-state index contributed by atoms with van der Waals surface area (Å²) in [5, 5.41) is 14.3. The van der Waals surface area contributed by atoms with Gasteiger partial charge in [0.25, 0.3) is 0 Å². The van der Waals surface area contributed by atoms with E-state index in [0.717, 1.165) is 95.8 Å². The Morgan fingerprint density at radius 3 is 2.13 bits per heavy atom. The zero-order chi connectivity index (χ0) is 48.8. The number of unbranched alkanes of at least 4 members (excludes halogenated alkanes) is 2. The van der Waals surface area contributed by atoms with E-state index >= 15 is 0 Å². The van der Waals surface area contributed by atoms with Crippen molar-refractivity contribution in [2.24, 2.45) is 52.3 Å². The number of β-amino-alcohol motifs (C(OH)–C–C–N with tert-alkyl or cyclic N) is 1. The van der Waals surface area contributed by atoms with Gasteiger partial charge in [0.2, 0.25) is 5.91 Å². The number of carbonyl (C=O) groups is 2. The number of rotatable bonds is 20. The third-order valence-corrected chi connectivity index (χ3v) is 18.3. The summed E-state index contributed by atoms with van der Waals surface area (Å²) in [6, 6.07) is 25.9. The van der Waals surface area contributed by atoms with Crippen LogP contribution in [-0.2, 0) is 19.9 Å². The average molecular weight is 945 g/mol. The fraction of sp³-hybridized carbons (Fsp3) is 0.633. The van der Waals surface area contributed by atoms with E-state index in [4.69, 9.17) is 18.9 Å². The molecule has 1 heterocycles. The van der Waals surface area contributed by atoms with Crippen LogP contribution in [0.2, 0.25) is 0 Å². The predicted octanol–water partition coefficient (Wildman–Crippen LogP) is 12.5. The van der Waals surface area contributed by atoms with Gasteiger partial charge >= 0.3 is 6.09 Å². The first kappa shape index (κ1) is 51.0. The zero-order valence-electron chi connectivity index (χ0n) is 43.1. The lowest BCUT2D eigenvalue weighted by Gasteiger charge is -2.58. The first-order valence-electron chi connectivity index (χ1n) is 26.9. The van der Waals surface area contributed by atoms with E-state index < -0.39 is 11.7 Å². The van der Waals surface area contributed by atoms with Gasteiger partial charge in [-0.1, -0.05) is 127 Å². The normalized spacial score (nSPS) is 29.1. The van der Waals surface area contributed by atoms with Gasteiger partial charge < -0.3 is 34.3 Å². The molecular formula is C60H84N2O7. The number of fused-ring (bicyclic) bond motifs is 5. The van der Waals surface area contributed by atoms with Gasteiger partial charge in [-0.2, -0.15) is 0 Å². The first-order chi connectivity index (χ1) is 33.3. The maximum absolute atomic E-state index is 13.5. The number of aliphatic hydroxyl groups excluding tert-OH is 1. The van der Waals surface area contributed by atoms with Crippen LogP contribution in [0.5, 0.6) is 11.5 Å². The van der Waals surface area contributed by atoms with Crippen LogP contribution >= 0.6 is 0 Å². The van der Waals surface area contributed by atoms with E-state index in [1.165, 1.54) is 51.4 Å². The van der Waals surface area contributed by atoms with Crippen LogP contribution in [0.3, 0.4) is 0 Å². The van der Waals surface area contributed by atoms with Crippen LogP contribution in [0.1, 0.15) is 148 Å². The molecule has 376 valence electrons. The Morgan fingerprint density at radius 1 is 0.783 bits per heavy atom. The van der Waals surface area contributed by atoms with Crippen molar-refractivity contribution in [3.05, 3.63) is 107 Å². The van der Waals surface area contributed by atoms with Crippen LogP contribution in [0, 0.1) is 52.3 Å². The SMILES string of the molecule is COc1ccc(C(OCC2CN(C(=O)CCCCCNC(=O)OC3CCC4(C)C(=CCC5C4CCC4(C)C(C(C)CCCC(C)C)CCC54)C3)CC2O)(c2ccccc2)c2ccc(OC)cc2)cc1. The quantitative estimate of drug-likeness (QED) is 0.0660. The van der Waals surface area contributed by atoms with Crippen molar-refractivity contribution in [2.75, 3.05) is 40.5 Å². The molecule has 10 unspecified atom stereocenters. The minimum absolute atomic E-state index is 0.0352. The van der Waals surface area contributed by atoms with Gasteiger partial charge in [-0.15, -0.1) is 0 Å². The van der Waals surface area contributed by atoms with Crippen LogP contribution in [0.4, 0.5) is 4.79 Å². The molecule has 0 bridgehead atoms. The lowest BCUT2D eigenvalue weighted by Crippen LogP contribution is -2.51. The lowest BCUT2D eigenvalue weighted by atomic mass is 9.47. The molecule has 5 aliphatic rings. The summed E-state index contributed by atoms with van der Waals surface area (Å²) < 4.78 is 24.1. The fourth-order valence-electron chi connectivity index (χ4n) is 14.4. The number of allylic oxidation sites excluding steroid dienone is 1. The minimum atomic E-state index is -1.00. The van der Waals surface area contributed by atoms with Crippen molar-refractivity contribution < 1.29 is 33.6 Å². The van der Waals surface area contributed by atoms with Crippen molar-refractivity contribution in [3.8, 4) is 11.5 Å². The molecule has 4 fully saturated rings. The number of alkyl carbamates (subject to hydrolysis) is 1. The molecule has 69 heavy (non-hydrogen) atoms. The molecule has 8 rings (SSSR count). The van der Waals surface area contributed by atoms with Gasteiger partial charge in [-0.05, 0) is 145 Å². The number of aliphatic hydroxyl groups is 1. The summed E-state index contributed by atoms with van der Waals surface area (Å²) in [6.45, 7) is 14.0. The van der Waals surface area contributed by atoms with Crippen molar-refractivity contribution in [3.63, 3.8) is 0 Å². The third kappa shape index (κ3) is 11.0. The molecule has 1 aliphatic heterocycles. The molecule has 10 atom stereocenters. The van der Waals surface area contributed by atoms with Gasteiger partial charge in [0.05, 0.1) is 26.9 Å². The molecule has 3 aromatic rings. The molecule has 0 radical (unpaired) electrons. The molecule has 2 amide bonds. The number of likely N-dealkylation sites (tertiary alicyclic amines) is 1. The minimum Gasteiger partial charge on any atom is -0.497 e. The van der Waals surface area contributed by atoms with Gasteiger partial charge in [-0.3, -0.25) is 4.79 Å². The number of nitrogens with zero attached hydrogens (tertiary/aromatic N) is 1. The highest BCUT2D eigenvalue weighted by molar-refractivity contribution is 5.76. The van der Waals surface area contributed by atoms with Crippen LogP contribution < -0.4 is 14.8 Å². The lowest BCUT2D eigenvalue weighted by molar-refractivity contribution is -0.130. The Balaban J connectivity index is 0.774. The molecule has 0 aromatic heterocycles. The van der Waals surface area contributed by atoms with Crippen molar-refractivity contribution in [1.29, 1.82) is 0 Å². The second-order valence-electron chi connectivity index (χ2n) is 22.7. The molecular weight excluding hydrogens is 861 g/mol. The van der Waals surface area contributed by atoms with Crippen LogP contribution in [0.25, 0.3) is 0 Å². The maximum atomic E-state index is 13.5. The molecule has 1 saturated heterocycles. The summed E-state index contributed by atoms with van der Waals surface area (Å²) in [4.78, 5) is 28.3. The third-order valence-electron chi connectivity index (χ3n) is 18.3. The number of hydrogen-bond donors (Lipinski definition) is 2. The van der Waals surface area contributed by atoms with E-state index in [-0.39, 0.29) is 42.6 Å². The highest BCUT2D eigenvalue weighted by atomic mass is 16.6. The number of hydrogen-bond acceptors (Lipinski definition) is 7. The van der Waals surface area contributed by atoms with Gasteiger partial charge in [-0.25, -0.2) is 4.79 Å². The highest BCUT2D eigenvalue weighted by Crippen LogP contribution is 2.67. The Kier molecular flexibility index (Phi) is 16.6. The summed E-state index contributed by atoms with van der Waals surface area (Å²) in [7, 11) is 3.30. The summed E-state index contributed by atoms with van der Waals surface area (Å²) >= 11 is 0. The molecule has 3 saturated carbocycles. The second-order valence-corrected chi connectivity index (χ2v) is 22.7. The number of benzene rings is 3. The summed E-state index contributed by atoms with van der Waals surface area (Å²) in [5.74, 6) is 6.14. The van der Waals surface area contributed by atoms with Gasteiger partial charge in [0, 0.05) is 38.4 Å². The number of ether oxygens (including phenoxy) is 4. The van der Waals surface area contributed by atoms with E-state index in [9.17, 15) is 14.7 Å². The van der Waals surface area contributed by atoms with Gasteiger partial charge in [0.15, 0.2) is 0 Å².